The molecule has 1 aromatic rings. The van der Waals surface area contributed by atoms with Crippen molar-refractivity contribution in [3.63, 3.8) is 0 Å². The van der Waals surface area contributed by atoms with Crippen LogP contribution in [0.2, 0.25) is 0 Å². The van der Waals surface area contributed by atoms with Crippen molar-refractivity contribution in [3.8, 4) is 0 Å². The van der Waals surface area contributed by atoms with E-state index in [2.05, 4.69) is 43.0 Å². The molecular weight excluding hydrogens is 272 g/mol. The molecule has 1 atom stereocenters. The normalized spacial score (nSPS) is 22.5. The van der Waals surface area contributed by atoms with Gasteiger partial charge in [-0.25, -0.2) is 0 Å². The molecule has 1 saturated heterocycles. The number of likely N-dealkylation sites (tertiary alicyclic amines) is 1. The molecule has 1 amide bonds. The molecule has 1 fully saturated rings. The summed E-state index contributed by atoms with van der Waals surface area (Å²) in [6, 6.07) is 9.46. The number of fused-ring (bicyclic) bond motifs is 1. The van der Waals surface area contributed by atoms with Crippen LogP contribution in [0.5, 0.6) is 0 Å². The molecule has 0 aromatic heterocycles. The van der Waals surface area contributed by atoms with Crippen LogP contribution in [0.25, 0.3) is 0 Å². The lowest BCUT2D eigenvalue weighted by Gasteiger charge is -2.37. The fourth-order valence-corrected chi connectivity index (χ4v) is 4.17. The van der Waals surface area contributed by atoms with Gasteiger partial charge in [-0.3, -0.25) is 9.69 Å². The van der Waals surface area contributed by atoms with Crippen molar-refractivity contribution in [2.24, 2.45) is 5.92 Å². The molecular formula is C19H28N2O. The van der Waals surface area contributed by atoms with Gasteiger partial charge >= 0.3 is 0 Å². The quantitative estimate of drug-likeness (QED) is 0.852. The second-order valence-electron chi connectivity index (χ2n) is 6.57. The third-order valence-corrected chi connectivity index (χ3v) is 5.50. The lowest BCUT2D eigenvalue weighted by atomic mass is 9.93. The SMILES string of the molecule is CCN(CC)C(=O)C1CCN([C@@H]2CCc3ccccc32)CC1. The Labute approximate surface area is 134 Å². The maximum atomic E-state index is 12.5. The summed E-state index contributed by atoms with van der Waals surface area (Å²) in [6.45, 7) is 7.96. The Kier molecular flexibility index (Phi) is 4.82. The number of amides is 1. The molecule has 1 heterocycles. The van der Waals surface area contributed by atoms with Crippen molar-refractivity contribution in [2.75, 3.05) is 26.2 Å². The second-order valence-corrected chi connectivity index (χ2v) is 6.57. The Bertz CT molecular complexity index is 516. The number of hydrogen-bond donors (Lipinski definition) is 0. The Morgan fingerprint density at radius 2 is 1.82 bits per heavy atom. The minimum atomic E-state index is 0.243. The van der Waals surface area contributed by atoms with E-state index in [1.54, 1.807) is 0 Å². The van der Waals surface area contributed by atoms with Gasteiger partial charge in [-0.1, -0.05) is 24.3 Å². The molecule has 2 aliphatic rings. The largest absolute Gasteiger partial charge is 0.343 e. The van der Waals surface area contributed by atoms with Crippen LogP contribution in [0, 0.1) is 5.92 Å². The lowest BCUT2D eigenvalue weighted by molar-refractivity contribution is -0.136. The fourth-order valence-electron chi connectivity index (χ4n) is 4.17. The van der Waals surface area contributed by atoms with Gasteiger partial charge in [0.15, 0.2) is 0 Å². The topological polar surface area (TPSA) is 23.6 Å². The van der Waals surface area contributed by atoms with Crippen molar-refractivity contribution in [3.05, 3.63) is 35.4 Å². The van der Waals surface area contributed by atoms with E-state index >= 15 is 0 Å². The van der Waals surface area contributed by atoms with Crippen LogP contribution < -0.4 is 0 Å². The van der Waals surface area contributed by atoms with Gasteiger partial charge in [0.25, 0.3) is 0 Å². The highest BCUT2D eigenvalue weighted by Gasteiger charge is 2.33. The first kappa shape index (κ1) is 15.5. The number of rotatable bonds is 4. The van der Waals surface area contributed by atoms with Gasteiger partial charge in [-0.05, 0) is 63.7 Å². The number of benzene rings is 1. The van der Waals surface area contributed by atoms with E-state index in [1.165, 1.54) is 24.0 Å². The zero-order valence-corrected chi connectivity index (χ0v) is 13.9. The molecule has 0 bridgehead atoms. The number of hydrogen-bond acceptors (Lipinski definition) is 2. The Balaban J connectivity index is 1.60. The van der Waals surface area contributed by atoms with E-state index in [-0.39, 0.29) is 5.92 Å². The van der Waals surface area contributed by atoms with Gasteiger partial charge in [0.1, 0.15) is 0 Å². The van der Waals surface area contributed by atoms with Gasteiger partial charge in [-0.2, -0.15) is 0 Å². The number of aryl methyl sites for hydroxylation is 1. The van der Waals surface area contributed by atoms with E-state index < -0.39 is 0 Å². The van der Waals surface area contributed by atoms with E-state index in [0.717, 1.165) is 39.0 Å². The van der Waals surface area contributed by atoms with E-state index in [9.17, 15) is 4.79 Å². The first-order valence-electron chi connectivity index (χ1n) is 8.85. The summed E-state index contributed by atoms with van der Waals surface area (Å²) in [6.07, 6.45) is 4.50. The van der Waals surface area contributed by atoms with Crippen LogP contribution >= 0.6 is 0 Å². The minimum absolute atomic E-state index is 0.243. The Morgan fingerprint density at radius 3 is 2.50 bits per heavy atom. The first-order chi connectivity index (χ1) is 10.7. The van der Waals surface area contributed by atoms with Crippen LogP contribution in [0.15, 0.2) is 24.3 Å². The summed E-state index contributed by atoms with van der Waals surface area (Å²) in [5.41, 5.74) is 3.05. The van der Waals surface area contributed by atoms with Crippen molar-refractivity contribution >= 4 is 5.91 Å². The zero-order chi connectivity index (χ0) is 15.5. The summed E-state index contributed by atoms with van der Waals surface area (Å²) in [5, 5.41) is 0. The van der Waals surface area contributed by atoms with Gasteiger partial charge < -0.3 is 4.90 Å². The fraction of sp³-hybridized carbons (Fsp3) is 0.632. The smallest absolute Gasteiger partial charge is 0.225 e. The van der Waals surface area contributed by atoms with Crippen LogP contribution in [-0.2, 0) is 11.2 Å². The highest BCUT2D eigenvalue weighted by Crippen LogP contribution is 2.37. The maximum absolute atomic E-state index is 12.5. The molecule has 0 spiro atoms. The van der Waals surface area contributed by atoms with E-state index in [4.69, 9.17) is 0 Å². The summed E-state index contributed by atoms with van der Waals surface area (Å²) < 4.78 is 0. The van der Waals surface area contributed by atoms with Gasteiger partial charge in [0.2, 0.25) is 5.91 Å². The van der Waals surface area contributed by atoms with Crippen LogP contribution in [-0.4, -0.2) is 41.9 Å². The number of nitrogens with zero attached hydrogens (tertiary/aromatic N) is 2. The highest BCUT2D eigenvalue weighted by molar-refractivity contribution is 5.78. The Morgan fingerprint density at radius 1 is 1.14 bits per heavy atom. The minimum Gasteiger partial charge on any atom is -0.343 e. The van der Waals surface area contributed by atoms with Crippen molar-refractivity contribution in [1.29, 1.82) is 0 Å². The zero-order valence-electron chi connectivity index (χ0n) is 13.9. The molecule has 0 N–H and O–H groups in total. The molecule has 3 rings (SSSR count). The summed E-state index contributed by atoms with van der Waals surface area (Å²) in [5.74, 6) is 0.615. The second kappa shape index (κ2) is 6.82. The molecule has 0 radical (unpaired) electrons. The molecule has 1 aromatic carbocycles. The molecule has 1 aliphatic carbocycles. The van der Waals surface area contributed by atoms with E-state index in [0.29, 0.717) is 11.9 Å². The van der Waals surface area contributed by atoms with Crippen LogP contribution in [0.3, 0.4) is 0 Å². The average molecular weight is 300 g/mol. The highest BCUT2D eigenvalue weighted by atomic mass is 16.2. The maximum Gasteiger partial charge on any atom is 0.225 e. The molecule has 3 heteroatoms. The van der Waals surface area contributed by atoms with Crippen molar-refractivity contribution < 1.29 is 4.79 Å². The summed E-state index contributed by atoms with van der Waals surface area (Å²) in [7, 11) is 0. The molecule has 3 nitrogen and oxygen atoms in total. The predicted molar refractivity (Wildman–Crippen MR) is 89.7 cm³/mol. The molecule has 1 aliphatic heterocycles. The molecule has 0 unspecified atom stereocenters. The van der Waals surface area contributed by atoms with Crippen LogP contribution in [0.1, 0.15) is 50.3 Å². The van der Waals surface area contributed by atoms with Crippen molar-refractivity contribution in [2.45, 2.75) is 45.6 Å². The monoisotopic (exact) mass is 300 g/mol. The first-order valence-corrected chi connectivity index (χ1v) is 8.85. The molecule has 0 saturated carbocycles. The Hall–Kier alpha value is -1.35. The summed E-state index contributed by atoms with van der Waals surface area (Å²) >= 11 is 0. The third-order valence-electron chi connectivity index (χ3n) is 5.50. The average Bonchev–Trinajstić information content (AvgIpc) is 3.00. The lowest BCUT2D eigenvalue weighted by Crippen LogP contribution is -2.43. The van der Waals surface area contributed by atoms with Gasteiger partial charge in [0.05, 0.1) is 0 Å². The molecule has 22 heavy (non-hydrogen) atoms. The van der Waals surface area contributed by atoms with Crippen molar-refractivity contribution in [1.82, 2.24) is 9.80 Å². The third kappa shape index (κ3) is 2.91. The van der Waals surface area contributed by atoms with E-state index in [1.807, 2.05) is 4.90 Å². The molecule has 120 valence electrons. The number of piperidine rings is 1. The summed E-state index contributed by atoms with van der Waals surface area (Å²) in [4.78, 5) is 17.1. The van der Waals surface area contributed by atoms with Gasteiger partial charge in [-0.15, -0.1) is 0 Å². The predicted octanol–water partition coefficient (Wildman–Crippen LogP) is 3.25. The number of carbonyl (C=O) groups excluding carboxylic acids is 1. The number of carbonyl (C=O) groups is 1. The van der Waals surface area contributed by atoms with Gasteiger partial charge in [0, 0.05) is 25.0 Å². The van der Waals surface area contributed by atoms with Crippen LogP contribution in [0.4, 0.5) is 0 Å². The standard InChI is InChI=1S/C19H28N2O/c1-3-20(4-2)19(22)16-11-13-21(14-12-16)18-10-9-15-7-5-6-8-17(15)18/h5-8,16,18H,3-4,9-14H2,1-2H3/t18-/m1/s1.